The monoisotopic (exact) mass is 258 g/mol. The summed E-state index contributed by atoms with van der Waals surface area (Å²) in [4.78, 5) is 14.3. The summed E-state index contributed by atoms with van der Waals surface area (Å²) in [6, 6.07) is 0.373. The minimum Gasteiger partial charge on any atom is -0.378 e. The van der Waals surface area contributed by atoms with Gasteiger partial charge in [-0.15, -0.1) is 0 Å². The van der Waals surface area contributed by atoms with Gasteiger partial charge in [0.1, 0.15) is 6.04 Å². The Labute approximate surface area is 107 Å². The molecule has 0 radical (unpaired) electrons. The van der Waals surface area contributed by atoms with Gasteiger partial charge in [0.2, 0.25) is 5.91 Å². The number of morpholine rings is 1. The van der Waals surface area contributed by atoms with Crippen LogP contribution in [0.1, 0.15) is 19.8 Å². The van der Waals surface area contributed by atoms with Gasteiger partial charge in [0.15, 0.2) is 0 Å². The molecule has 1 aliphatic carbocycles. The van der Waals surface area contributed by atoms with Crippen LogP contribution in [0.5, 0.6) is 0 Å². The van der Waals surface area contributed by atoms with Crippen molar-refractivity contribution in [2.24, 2.45) is 0 Å². The molecule has 1 saturated carbocycles. The predicted octanol–water partition coefficient (Wildman–Crippen LogP) is 0.719. The molecule has 1 N–H and O–H groups in total. The highest BCUT2D eigenvalue weighted by Gasteiger charge is 2.32. The summed E-state index contributed by atoms with van der Waals surface area (Å²) in [7, 11) is 0. The number of carbonyl (C=O) groups is 1. The number of amides is 1. The van der Waals surface area contributed by atoms with E-state index in [1.165, 1.54) is 0 Å². The number of thioether (sulfide) groups is 1. The second-order valence-corrected chi connectivity index (χ2v) is 6.00. The molecular formula is C12H22N2O2S. The number of ether oxygens (including phenoxy) is 1. The summed E-state index contributed by atoms with van der Waals surface area (Å²) in [6.45, 7) is 5.35. The Bertz CT molecular complexity index is 259. The van der Waals surface area contributed by atoms with Gasteiger partial charge in [0, 0.05) is 24.9 Å². The summed E-state index contributed by atoms with van der Waals surface area (Å²) in [5.41, 5.74) is 0. The fraction of sp³-hybridized carbons (Fsp3) is 0.917. The summed E-state index contributed by atoms with van der Waals surface area (Å²) in [6.07, 6.45) is 2.29. The fourth-order valence-electron chi connectivity index (χ4n) is 2.00. The highest BCUT2D eigenvalue weighted by Crippen LogP contribution is 2.19. The Hall–Kier alpha value is -0.260. The van der Waals surface area contributed by atoms with Crippen LogP contribution >= 0.6 is 11.8 Å². The Balaban J connectivity index is 1.79. The molecule has 1 aliphatic heterocycles. The largest absolute Gasteiger partial charge is 0.378 e. The molecular weight excluding hydrogens is 236 g/mol. The highest BCUT2D eigenvalue weighted by atomic mass is 32.2. The van der Waals surface area contributed by atoms with Crippen molar-refractivity contribution in [3.63, 3.8) is 0 Å². The van der Waals surface area contributed by atoms with Crippen LogP contribution in [0.3, 0.4) is 0 Å². The summed E-state index contributed by atoms with van der Waals surface area (Å²) >= 11 is 1.93. The van der Waals surface area contributed by atoms with Crippen LogP contribution in [-0.4, -0.2) is 60.7 Å². The zero-order valence-electron chi connectivity index (χ0n) is 10.5. The van der Waals surface area contributed by atoms with Crippen LogP contribution in [0.25, 0.3) is 0 Å². The second-order valence-electron chi connectivity index (χ2n) is 4.61. The molecule has 2 aliphatic rings. The zero-order chi connectivity index (χ0) is 12.1. The van der Waals surface area contributed by atoms with Gasteiger partial charge < -0.3 is 10.1 Å². The average molecular weight is 258 g/mol. The lowest BCUT2D eigenvalue weighted by Gasteiger charge is -2.34. The molecule has 0 spiro atoms. The van der Waals surface area contributed by atoms with Crippen molar-refractivity contribution in [1.82, 2.24) is 10.2 Å². The van der Waals surface area contributed by atoms with Gasteiger partial charge in [-0.25, -0.2) is 0 Å². The summed E-state index contributed by atoms with van der Waals surface area (Å²) in [5, 5.41) is 3.08. The van der Waals surface area contributed by atoms with Crippen molar-refractivity contribution < 1.29 is 9.53 Å². The fourth-order valence-corrected chi connectivity index (χ4v) is 2.65. The lowest BCUT2D eigenvalue weighted by molar-refractivity contribution is -0.132. The molecule has 2 fully saturated rings. The van der Waals surface area contributed by atoms with E-state index in [0.29, 0.717) is 12.6 Å². The van der Waals surface area contributed by atoms with E-state index in [-0.39, 0.29) is 11.9 Å². The van der Waals surface area contributed by atoms with Gasteiger partial charge in [0.25, 0.3) is 0 Å². The van der Waals surface area contributed by atoms with E-state index >= 15 is 0 Å². The molecule has 1 heterocycles. The second kappa shape index (κ2) is 6.61. The van der Waals surface area contributed by atoms with E-state index in [2.05, 4.69) is 17.1 Å². The topological polar surface area (TPSA) is 41.6 Å². The average Bonchev–Trinajstić information content (AvgIpc) is 3.14. The first-order valence-electron chi connectivity index (χ1n) is 6.51. The van der Waals surface area contributed by atoms with Crippen LogP contribution in [0.4, 0.5) is 0 Å². The molecule has 1 amide bonds. The minimum atomic E-state index is -0.0678. The van der Waals surface area contributed by atoms with Crippen molar-refractivity contribution in [2.45, 2.75) is 31.8 Å². The Morgan fingerprint density at radius 2 is 2.35 bits per heavy atom. The lowest BCUT2D eigenvalue weighted by atomic mass is 10.2. The number of hydrogen-bond donors (Lipinski definition) is 1. The molecule has 0 bridgehead atoms. The molecule has 5 heteroatoms. The van der Waals surface area contributed by atoms with E-state index in [1.54, 1.807) is 0 Å². The van der Waals surface area contributed by atoms with Gasteiger partial charge in [-0.1, -0.05) is 6.92 Å². The smallest absolute Gasteiger partial charge is 0.239 e. The van der Waals surface area contributed by atoms with E-state index in [9.17, 15) is 4.79 Å². The Morgan fingerprint density at radius 3 is 3.06 bits per heavy atom. The van der Waals surface area contributed by atoms with Crippen LogP contribution in [0.2, 0.25) is 0 Å². The summed E-state index contributed by atoms with van der Waals surface area (Å²) < 4.78 is 5.43. The number of nitrogens with one attached hydrogen (secondary N) is 1. The molecule has 2 rings (SSSR count). The third kappa shape index (κ3) is 4.16. The molecule has 0 aromatic heterocycles. The predicted molar refractivity (Wildman–Crippen MR) is 70.3 cm³/mol. The molecule has 4 nitrogen and oxygen atoms in total. The molecule has 0 aromatic carbocycles. The van der Waals surface area contributed by atoms with Crippen LogP contribution in [0.15, 0.2) is 0 Å². The number of carbonyl (C=O) groups excluding carboxylic acids is 1. The van der Waals surface area contributed by atoms with Crippen LogP contribution in [0, 0.1) is 0 Å². The van der Waals surface area contributed by atoms with E-state index in [0.717, 1.165) is 44.0 Å². The van der Waals surface area contributed by atoms with Crippen molar-refractivity contribution >= 4 is 17.7 Å². The van der Waals surface area contributed by atoms with Gasteiger partial charge in [-0.2, -0.15) is 11.8 Å². The van der Waals surface area contributed by atoms with E-state index in [1.807, 2.05) is 11.8 Å². The van der Waals surface area contributed by atoms with Crippen molar-refractivity contribution in [1.29, 1.82) is 0 Å². The molecule has 1 atom stereocenters. The van der Waals surface area contributed by atoms with Gasteiger partial charge in [0.05, 0.1) is 13.2 Å². The van der Waals surface area contributed by atoms with Crippen molar-refractivity contribution in [3.8, 4) is 0 Å². The van der Waals surface area contributed by atoms with Crippen LogP contribution in [-0.2, 0) is 9.53 Å². The van der Waals surface area contributed by atoms with Gasteiger partial charge in [-0.05, 0) is 18.6 Å². The first kappa shape index (κ1) is 13.2. The molecule has 1 unspecified atom stereocenters. The first-order valence-corrected chi connectivity index (χ1v) is 7.66. The normalized spacial score (nSPS) is 25.8. The van der Waals surface area contributed by atoms with Crippen LogP contribution < -0.4 is 5.32 Å². The highest BCUT2D eigenvalue weighted by molar-refractivity contribution is 7.99. The maximum absolute atomic E-state index is 12.1. The standard InChI is InChI=1S/C12H22N2O2S/c1-2-17-8-6-14-5-7-16-9-11(14)12(15)13-10-3-4-10/h10-11H,2-9H2,1H3,(H,13,15). The lowest BCUT2D eigenvalue weighted by Crippen LogP contribution is -2.54. The van der Waals surface area contributed by atoms with E-state index < -0.39 is 0 Å². The SMILES string of the molecule is CCSCCN1CCOCC1C(=O)NC1CC1. The van der Waals surface area contributed by atoms with Crippen molar-refractivity contribution in [3.05, 3.63) is 0 Å². The third-order valence-electron chi connectivity index (χ3n) is 3.19. The number of hydrogen-bond acceptors (Lipinski definition) is 4. The zero-order valence-corrected chi connectivity index (χ0v) is 11.3. The van der Waals surface area contributed by atoms with Crippen molar-refractivity contribution in [2.75, 3.05) is 37.8 Å². The van der Waals surface area contributed by atoms with Gasteiger partial charge >= 0.3 is 0 Å². The van der Waals surface area contributed by atoms with E-state index in [4.69, 9.17) is 4.74 Å². The molecule has 1 saturated heterocycles. The number of rotatable bonds is 6. The third-order valence-corrected chi connectivity index (χ3v) is 4.07. The maximum Gasteiger partial charge on any atom is 0.239 e. The Kier molecular flexibility index (Phi) is 5.13. The summed E-state index contributed by atoms with van der Waals surface area (Å²) in [5.74, 6) is 2.40. The first-order chi connectivity index (χ1) is 8.31. The number of nitrogens with zero attached hydrogens (tertiary/aromatic N) is 1. The maximum atomic E-state index is 12.1. The minimum absolute atomic E-state index is 0.0678. The molecule has 17 heavy (non-hydrogen) atoms. The quantitative estimate of drug-likeness (QED) is 0.713. The Morgan fingerprint density at radius 1 is 1.53 bits per heavy atom. The molecule has 98 valence electrons. The van der Waals surface area contributed by atoms with Gasteiger partial charge in [-0.3, -0.25) is 9.69 Å². The molecule has 0 aromatic rings.